The third kappa shape index (κ3) is 4.82. The Hall–Kier alpha value is -2.41. The largest absolute Gasteiger partial charge is 0.508 e. The van der Waals surface area contributed by atoms with Gasteiger partial charge in [-0.05, 0) is 37.6 Å². The standard InChI is InChI=1S/C17H21N2O6P/c1-3-24-26(23,25-4-2)17(13-8-10-16(20)11-9-13)18-14-6-5-7-15(12-14)19(21)22/h5-12,17-18,20H,3-4H2,1-2H3. The molecule has 0 bridgehead atoms. The summed E-state index contributed by atoms with van der Waals surface area (Å²) in [4.78, 5) is 10.5. The summed E-state index contributed by atoms with van der Waals surface area (Å²) in [6.45, 7) is 3.74. The number of phenols is 1. The zero-order chi connectivity index (χ0) is 19.2. The predicted molar refractivity (Wildman–Crippen MR) is 98.4 cm³/mol. The van der Waals surface area contributed by atoms with Crippen LogP contribution in [0.5, 0.6) is 5.75 Å². The minimum Gasteiger partial charge on any atom is -0.508 e. The molecule has 2 aromatic rings. The van der Waals surface area contributed by atoms with Gasteiger partial charge in [0.25, 0.3) is 5.69 Å². The Kier molecular flexibility index (Phi) is 6.74. The summed E-state index contributed by atoms with van der Waals surface area (Å²) in [7, 11) is -3.63. The lowest BCUT2D eigenvalue weighted by Crippen LogP contribution is -2.15. The first-order valence-corrected chi connectivity index (χ1v) is 9.69. The van der Waals surface area contributed by atoms with Crippen LogP contribution >= 0.6 is 7.60 Å². The summed E-state index contributed by atoms with van der Waals surface area (Å²) in [6, 6.07) is 12.0. The van der Waals surface area contributed by atoms with Gasteiger partial charge >= 0.3 is 7.60 Å². The number of hydrogen-bond acceptors (Lipinski definition) is 7. The fourth-order valence-corrected chi connectivity index (χ4v) is 4.35. The molecule has 0 aliphatic rings. The molecule has 0 heterocycles. The van der Waals surface area contributed by atoms with Gasteiger partial charge < -0.3 is 19.5 Å². The van der Waals surface area contributed by atoms with E-state index in [0.29, 0.717) is 11.3 Å². The van der Waals surface area contributed by atoms with Crippen LogP contribution in [0.4, 0.5) is 11.4 Å². The normalized spacial score (nSPS) is 12.5. The Morgan fingerprint density at radius 1 is 1.15 bits per heavy atom. The molecule has 140 valence electrons. The van der Waals surface area contributed by atoms with Gasteiger partial charge in [-0.3, -0.25) is 14.7 Å². The van der Waals surface area contributed by atoms with Crippen molar-refractivity contribution in [3.63, 3.8) is 0 Å². The number of benzene rings is 2. The number of anilines is 1. The lowest BCUT2D eigenvalue weighted by Gasteiger charge is -2.28. The van der Waals surface area contributed by atoms with Gasteiger partial charge in [0.15, 0.2) is 5.78 Å². The van der Waals surface area contributed by atoms with Gasteiger partial charge in [-0.25, -0.2) is 0 Å². The molecule has 0 aromatic heterocycles. The summed E-state index contributed by atoms with van der Waals surface area (Å²) in [5, 5.41) is 23.5. The fourth-order valence-electron chi connectivity index (χ4n) is 2.41. The molecule has 2 aromatic carbocycles. The van der Waals surface area contributed by atoms with Crippen molar-refractivity contribution >= 4 is 19.0 Å². The van der Waals surface area contributed by atoms with Crippen molar-refractivity contribution in [1.29, 1.82) is 0 Å². The lowest BCUT2D eigenvalue weighted by atomic mass is 10.2. The quantitative estimate of drug-likeness (QED) is 0.369. The molecule has 0 fully saturated rings. The van der Waals surface area contributed by atoms with Gasteiger partial charge in [-0.2, -0.15) is 0 Å². The lowest BCUT2D eigenvalue weighted by molar-refractivity contribution is -0.384. The zero-order valence-electron chi connectivity index (χ0n) is 14.5. The SMILES string of the molecule is CCOP(=O)(OCC)C(Nc1cccc([N+](=O)[O-])c1)c1ccc(O)cc1. The van der Waals surface area contributed by atoms with Gasteiger partial charge in [0.1, 0.15) is 5.75 Å². The number of nitrogens with zero attached hydrogens (tertiary/aromatic N) is 1. The van der Waals surface area contributed by atoms with E-state index in [1.165, 1.54) is 30.3 Å². The Labute approximate surface area is 151 Å². The molecule has 0 aliphatic carbocycles. The van der Waals surface area contributed by atoms with Crippen LogP contribution in [0.3, 0.4) is 0 Å². The third-order valence-corrected chi connectivity index (χ3v) is 5.80. The highest BCUT2D eigenvalue weighted by molar-refractivity contribution is 7.54. The highest BCUT2D eigenvalue weighted by Crippen LogP contribution is 2.60. The molecule has 0 saturated heterocycles. The first-order chi connectivity index (χ1) is 12.4. The molecule has 0 amide bonds. The second-order valence-corrected chi connectivity index (χ2v) is 7.43. The fraction of sp³-hybridized carbons (Fsp3) is 0.294. The van der Waals surface area contributed by atoms with Crippen molar-refractivity contribution in [2.45, 2.75) is 19.6 Å². The van der Waals surface area contributed by atoms with Crippen molar-refractivity contribution in [2.24, 2.45) is 0 Å². The van der Waals surface area contributed by atoms with E-state index in [0.717, 1.165) is 0 Å². The molecule has 1 unspecified atom stereocenters. The van der Waals surface area contributed by atoms with E-state index in [-0.39, 0.29) is 24.7 Å². The summed E-state index contributed by atoms with van der Waals surface area (Å²) in [5.41, 5.74) is 0.860. The van der Waals surface area contributed by atoms with E-state index < -0.39 is 18.3 Å². The van der Waals surface area contributed by atoms with Crippen molar-refractivity contribution in [1.82, 2.24) is 0 Å². The van der Waals surface area contributed by atoms with Gasteiger partial charge in [-0.1, -0.05) is 18.2 Å². The number of aromatic hydroxyl groups is 1. The number of nitro groups is 1. The second kappa shape index (κ2) is 8.80. The van der Waals surface area contributed by atoms with E-state index in [9.17, 15) is 19.8 Å². The number of rotatable bonds is 9. The molecule has 0 spiro atoms. The Morgan fingerprint density at radius 3 is 2.31 bits per heavy atom. The highest BCUT2D eigenvalue weighted by Gasteiger charge is 2.37. The molecular formula is C17H21N2O6P. The van der Waals surface area contributed by atoms with Crippen molar-refractivity contribution in [3.05, 3.63) is 64.2 Å². The highest BCUT2D eigenvalue weighted by atomic mass is 31.2. The van der Waals surface area contributed by atoms with Crippen LogP contribution in [-0.2, 0) is 13.6 Å². The number of non-ortho nitro benzene ring substituents is 1. The number of nitrogens with one attached hydrogen (secondary N) is 1. The first kappa shape index (κ1) is 19.9. The molecule has 8 nitrogen and oxygen atoms in total. The molecule has 0 saturated carbocycles. The van der Waals surface area contributed by atoms with E-state index in [4.69, 9.17) is 9.05 Å². The Morgan fingerprint density at radius 2 is 1.77 bits per heavy atom. The van der Waals surface area contributed by atoms with E-state index >= 15 is 0 Å². The number of phenolic OH excluding ortho intramolecular Hbond substituents is 1. The number of hydrogen-bond donors (Lipinski definition) is 2. The molecule has 0 aliphatic heterocycles. The molecule has 9 heteroatoms. The monoisotopic (exact) mass is 380 g/mol. The smallest absolute Gasteiger partial charge is 0.357 e. The average molecular weight is 380 g/mol. The van der Waals surface area contributed by atoms with E-state index in [1.54, 1.807) is 32.0 Å². The number of nitro benzene ring substituents is 1. The van der Waals surface area contributed by atoms with Crippen molar-refractivity contribution in [2.75, 3.05) is 18.5 Å². The van der Waals surface area contributed by atoms with Crippen LogP contribution < -0.4 is 5.32 Å². The minimum absolute atomic E-state index is 0.0606. The van der Waals surface area contributed by atoms with Gasteiger partial charge in [0.2, 0.25) is 0 Å². The topological polar surface area (TPSA) is 111 Å². The second-order valence-electron chi connectivity index (χ2n) is 5.32. The van der Waals surface area contributed by atoms with Crippen LogP contribution in [0.15, 0.2) is 48.5 Å². The maximum absolute atomic E-state index is 13.3. The minimum atomic E-state index is -3.63. The van der Waals surface area contributed by atoms with Gasteiger partial charge in [0.05, 0.1) is 18.1 Å². The Bertz CT molecular complexity index is 786. The molecule has 26 heavy (non-hydrogen) atoms. The first-order valence-electron chi connectivity index (χ1n) is 8.08. The third-order valence-electron chi connectivity index (χ3n) is 3.50. The predicted octanol–water partition coefficient (Wildman–Crippen LogP) is 4.68. The van der Waals surface area contributed by atoms with Crippen LogP contribution in [-0.4, -0.2) is 23.2 Å². The van der Waals surface area contributed by atoms with Crippen LogP contribution in [0.25, 0.3) is 0 Å². The van der Waals surface area contributed by atoms with Crippen LogP contribution in [0.2, 0.25) is 0 Å². The van der Waals surface area contributed by atoms with E-state index in [1.807, 2.05) is 0 Å². The van der Waals surface area contributed by atoms with Crippen LogP contribution in [0, 0.1) is 10.1 Å². The average Bonchev–Trinajstić information content (AvgIpc) is 2.61. The summed E-state index contributed by atoms with van der Waals surface area (Å²) in [6.07, 6.45) is 0. The van der Waals surface area contributed by atoms with E-state index in [2.05, 4.69) is 5.32 Å². The maximum Gasteiger partial charge on any atom is 0.357 e. The van der Waals surface area contributed by atoms with Crippen molar-refractivity contribution < 1.29 is 23.6 Å². The van der Waals surface area contributed by atoms with Crippen LogP contribution in [0.1, 0.15) is 25.2 Å². The summed E-state index contributed by atoms with van der Waals surface area (Å²) >= 11 is 0. The zero-order valence-corrected chi connectivity index (χ0v) is 15.4. The molecule has 1 atom stereocenters. The molecule has 2 N–H and O–H groups in total. The summed E-state index contributed by atoms with van der Waals surface area (Å²) in [5.74, 6) is -0.837. The summed E-state index contributed by atoms with van der Waals surface area (Å²) < 4.78 is 24.2. The van der Waals surface area contributed by atoms with Gasteiger partial charge in [-0.15, -0.1) is 0 Å². The maximum atomic E-state index is 13.3. The molecule has 0 radical (unpaired) electrons. The molecular weight excluding hydrogens is 359 g/mol. The van der Waals surface area contributed by atoms with Gasteiger partial charge in [0, 0.05) is 17.8 Å². The van der Waals surface area contributed by atoms with Crippen molar-refractivity contribution in [3.8, 4) is 5.75 Å². The molecule has 2 rings (SSSR count). The Balaban J connectivity index is 2.46.